The number of carbonyl (C=O) groups is 3. The Balaban J connectivity index is 1.39. The number of rotatable bonds is 9. The normalized spacial score (nSPS) is 42.6. The molecule has 5 N–H and O–H groups in total. The van der Waals surface area contributed by atoms with E-state index in [4.69, 9.17) is 5.11 Å². The lowest BCUT2D eigenvalue weighted by atomic mass is 9.43. The van der Waals surface area contributed by atoms with E-state index in [-0.39, 0.29) is 54.1 Å². The van der Waals surface area contributed by atoms with Crippen molar-refractivity contribution in [3.05, 3.63) is 0 Å². The third-order valence-electron chi connectivity index (χ3n) is 11.6. The summed E-state index contributed by atoms with van der Waals surface area (Å²) >= 11 is 0. The van der Waals surface area contributed by atoms with E-state index in [2.05, 4.69) is 26.1 Å². The van der Waals surface area contributed by atoms with Crippen LogP contribution in [-0.4, -0.2) is 56.5 Å². The number of hydrogen-bond donors (Lipinski definition) is 5. The van der Waals surface area contributed by atoms with Crippen molar-refractivity contribution in [2.24, 2.45) is 46.3 Å². The average Bonchev–Trinajstić information content (AvgIpc) is 3.20. The average molecular weight is 522 g/mol. The van der Waals surface area contributed by atoms with Crippen molar-refractivity contribution in [3.63, 3.8) is 0 Å². The maximum absolute atomic E-state index is 12.5. The number of carbonyl (C=O) groups excluding carboxylic acids is 1. The first-order chi connectivity index (χ1) is 17.4. The monoisotopic (exact) mass is 521 g/mol. The van der Waals surface area contributed by atoms with Crippen LogP contribution in [0.4, 0.5) is 0 Å². The fourth-order valence-corrected chi connectivity index (χ4v) is 9.51. The van der Waals surface area contributed by atoms with Crippen molar-refractivity contribution in [1.29, 1.82) is 0 Å². The number of hydrogen-bond acceptors (Lipinski definition) is 5. The van der Waals surface area contributed by atoms with Crippen molar-refractivity contribution in [3.8, 4) is 0 Å². The van der Waals surface area contributed by atoms with Gasteiger partial charge in [-0.05, 0) is 111 Å². The van der Waals surface area contributed by atoms with Gasteiger partial charge in [0.05, 0.1) is 12.2 Å². The van der Waals surface area contributed by atoms with E-state index in [1.807, 2.05) is 0 Å². The zero-order valence-corrected chi connectivity index (χ0v) is 22.7. The topological polar surface area (TPSA) is 144 Å². The van der Waals surface area contributed by atoms with Gasteiger partial charge in [-0.1, -0.05) is 20.8 Å². The van der Waals surface area contributed by atoms with Crippen molar-refractivity contribution < 1.29 is 34.8 Å². The number of aliphatic hydroxyl groups is 2. The third kappa shape index (κ3) is 5.29. The molecule has 4 aliphatic rings. The summed E-state index contributed by atoms with van der Waals surface area (Å²) in [4.78, 5) is 34.8. The van der Waals surface area contributed by atoms with Crippen LogP contribution in [0.1, 0.15) is 97.8 Å². The van der Waals surface area contributed by atoms with Gasteiger partial charge >= 0.3 is 11.9 Å². The molecule has 37 heavy (non-hydrogen) atoms. The van der Waals surface area contributed by atoms with Crippen LogP contribution in [0, 0.1) is 46.3 Å². The predicted octanol–water partition coefficient (Wildman–Crippen LogP) is 3.83. The number of aliphatic carboxylic acids is 2. The first-order valence-corrected chi connectivity index (χ1v) is 14.5. The van der Waals surface area contributed by atoms with Crippen LogP contribution in [0.5, 0.6) is 0 Å². The lowest BCUT2D eigenvalue weighted by Gasteiger charge is -2.62. The minimum Gasteiger partial charge on any atom is -0.481 e. The first-order valence-electron chi connectivity index (χ1n) is 14.5. The minimum absolute atomic E-state index is 0.137. The van der Waals surface area contributed by atoms with Crippen LogP contribution >= 0.6 is 0 Å². The quantitative estimate of drug-likeness (QED) is 0.310. The van der Waals surface area contributed by atoms with Crippen LogP contribution in [0.2, 0.25) is 0 Å². The second kappa shape index (κ2) is 10.8. The van der Waals surface area contributed by atoms with Crippen LogP contribution in [0.25, 0.3) is 0 Å². The Labute approximate surface area is 220 Å². The molecule has 4 aliphatic carbocycles. The minimum atomic E-state index is -1.22. The number of carboxylic acids is 2. The molecule has 0 aromatic carbocycles. The molecule has 4 saturated carbocycles. The molecule has 0 aliphatic heterocycles. The molecule has 0 heterocycles. The molecule has 4 fully saturated rings. The first kappa shape index (κ1) is 28.3. The van der Waals surface area contributed by atoms with Crippen molar-refractivity contribution in [2.45, 2.75) is 116 Å². The second-order valence-corrected chi connectivity index (χ2v) is 13.3. The number of nitrogens with one attached hydrogen (secondary N) is 1. The van der Waals surface area contributed by atoms with E-state index in [1.165, 1.54) is 12.8 Å². The van der Waals surface area contributed by atoms with Crippen LogP contribution < -0.4 is 5.32 Å². The standard InChI is InChI=1S/C29H47NO7/c1-16(4-10-25(33)30-23(27(36)37)9-11-26(34)35)20-7-8-21-19-6-5-17-14-18(31)12-13-28(17,2)22(19)15-24(32)29(20,21)3/h16-24,31-32H,4-15H2,1-3H3,(H,30,33)(H,34,35)(H,36,37)/t16-,17?,18-,19+,20-,21+,22+,23+,24+,28+,29-/m1/s1. The molecule has 0 bridgehead atoms. The zero-order valence-electron chi connectivity index (χ0n) is 22.7. The van der Waals surface area contributed by atoms with Crippen LogP contribution in [0.3, 0.4) is 0 Å². The van der Waals surface area contributed by atoms with Gasteiger partial charge < -0.3 is 25.7 Å². The summed E-state index contributed by atoms with van der Waals surface area (Å²) in [5.41, 5.74) is 0.0209. The van der Waals surface area contributed by atoms with Gasteiger partial charge in [0, 0.05) is 12.8 Å². The SMILES string of the molecule is C[C@H](CCC(=O)N[C@@H](CCC(=O)O)C(=O)O)[C@H]1CC[C@H]2[C@@H]3CCC4C[C@H](O)CC[C@]4(C)[C@H]3C[C@H](O)[C@]12C. The van der Waals surface area contributed by atoms with E-state index in [9.17, 15) is 29.7 Å². The lowest BCUT2D eigenvalue weighted by molar-refractivity contribution is -0.175. The Morgan fingerprint density at radius 1 is 0.919 bits per heavy atom. The largest absolute Gasteiger partial charge is 0.481 e. The lowest BCUT2D eigenvalue weighted by Crippen LogP contribution is -2.58. The molecule has 0 aromatic rings. The van der Waals surface area contributed by atoms with Crippen molar-refractivity contribution in [2.75, 3.05) is 0 Å². The molecule has 4 rings (SSSR count). The van der Waals surface area contributed by atoms with Gasteiger partial charge in [0.25, 0.3) is 0 Å². The number of carboxylic acid groups (broad SMARTS) is 2. The fourth-order valence-electron chi connectivity index (χ4n) is 9.51. The highest BCUT2D eigenvalue weighted by molar-refractivity contribution is 5.83. The Bertz CT molecular complexity index is 878. The van der Waals surface area contributed by atoms with Gasteiger partial charge in [0.2, 0.25) is 5.91 Å². The molecule has 1 unspecified atom stereocenters. The Morgan fingerprint density at radius 3 is 2.32 bits per heavy atom. The maximum Gasteiger partial charge on any atom is 0.326 e. The molecule has 1 amide bonds. The van der Waals surface area contributed by atoms with E-state index in [0.29, 0.717) is 36.0 Å². The van der Waals surface area contributed by atoms with Crippen molar-refractivity contribution in [1.82, 2.24) is 5.32 Å². The van der Waals surface area contributed by atoms with E-state index < -0.39 is 18.0 Å². The Hall–Kier alpha value is -1.67. The smallest absolute Gasteiger partial charge is 0.326 e. The van der Waals surface area contributed by atoms with Crippen molar-refractivity contribution >= 4 is 17.8 Å². The number of amides is 1. The van der Waals surface area contributed by atoms with E-state index in [0.717, 1.165) is 38.5 Å². The molecule has 0 spiro atoms. The number of aliphatic hydroxyl groups excluding tert-OH is 2. The summed E-state index contributed by atoms with van der Waals surface area (Å²) < 4.78 is 0. The molecule has 0 radical (unpaired) electrons. The molecule has 11 atom stereocenters. The van der Waals surface area contributed by atoms with Gasteiger partial charge in [-0.15, -0.1) is 0 Å². The summed E-state index contributed by atoms with van der Waals surface area (Å²) in [6, 6.07) is -1.19. The molecular weight excluding hydrogens is 474 g/mol. The zero-order chi connectivity index (χ0) is 27.1. The second-order valence-electron chi connectivity index (χ2n) is 13.3. The van der Waals surface area contributed by atoms with E-state index >= 15 is 0 Å². The van der Waals surface area contributed by atoms with Gasteiger partial charge in [-0.2, -0.15) is 0 Å². The van der Waals surface area contributed by atoms with Crippen LogP contribution in [-0.2, 0) is 14.4 Å². The van der Waals surface area contributed by atoms with Gasteiger partial charge in [0.15, 0.2) is 0 Å². The van der Waals surface area contributed by atoms with E-state index in [1.54, 1.807) is 0 Å². The van der Waals surface area contributed by atoms with Gasteiger partial charge in [0.1, 0.15) is 6.04 Å². The highest BCUT2D eigenvalue weighted by Gasteiger charge is 2.63. The fraction of sp³-hybridized carbons (Fsp3) is 0.897. The summed E-state index contributed by atoms with van der Waals surface area (Å²) in [5.74, 6) is -0.0122. The Kier molecular flexibility index (Phi) is 8.30. The summed E-state index contributed by atoms with van der Waals surface area (Å²) in [6.07, 6.45) is 7.96. The third-order valence-corrected chi connectivity index (χ3v) is 11.6. The van der Waals surface area contributed by atoms with Crippen LogP contribution in [0.15, 0.2) is 0 Å². The summed E-state index contributed by atoms with van der Waals surface area (Å²) in [5, 5.41) is 42.6. The molecular formula is C29H47NO7. The molecule has 0 aromatic heterocycles. The Morgan fingerprint density at radius 2 is 1.65 bits per heavy atom. The summed E-state index contributed by atoms with van der Waals surface area (Å²) in [6.45, 7) is 6.85. The number of fused-ring (bicyclic) bond motifs is 5. The molecule has 8 heteroatoms. The summed E-state index contributed by atoms with van der Waals surface area (Å²) in [7, 11) is 0. The highest BCUT2D eigenvalue weighted by Crippen LogP contribution is 2.68. The maximum atomic E-state index is 12.5. The molecule has 0 saturated heterocycles. The molecule has 210 valence electrons. The van der Waals surface area contributed by atoms with Gasteiger partial charge in [-0.3, -0.25) is 9.59 Å². The molecule has 8 nitrogen and oxygen atoms in total. The highest BCUT2D eigenvalue weighted by atomic mass is 16.4. The predicted molar refractivity (Wildman–Crippen MR) is 137 cm³/mol. The van der Waals surface area contributed by atoms with Gasteiger partial charge in [-0.25, -0.2) is 4.79 Å².